The number of esters is 1. The highest BCUT2D eigenvalue weighted by molar-refractivity contribution is 6.62. The Labute approximate surface area is 211 Å². The molecule has 4 rings (SSSR count). The van der Waals surface area contributed by atoms with Crippen molar-refractivity contribution < 1.29 is 18.8 Å². The van der Waals surface area contributed by atoms with Crippen LogP contribution < -0.4 is 10.2 Å². The van der Waals surface area contributed by atoms with Crippen LogP contribution in [0.3, 0.4) is 0 Å². The summed E-state index contributed by atoms with van der Waals surface area (Å²) in [6, 6.07) is 15.4. The van der Waals surface area contributed by atoms with E-state index in [1.54, 1.807) is 12.1 Å². The van der Waals surface area contributed by atoms with Crippen molar-refractivity contribution in [1.29, 1.82) is 0 Å². The Bertz CT molecular complexity index is 956. The Morgan fingerprint density at radius 3 is 2.06 bits per heavy atom. The first-order valence-electron chi connectivity index (χ1n) is 13.5. The third kappa shape index (κ3) is 6.18. The molecule has 4 nitrogen and oxygen atoms in total. The lowest BCUT2D eigenvalue weighted by Crippen LogP contribution is -2.41. The van der Waals surface area contributed by atoms with Gasteiger partial charge in [-0.3, -0.25) is 0 Å². The Morgan fingerprint density at radius 2 is 1.49 bits per heavy atom. The van der Waals surface area contributed by atoms with Gasteiger partial charge >= 0.3 is 13.1 Å². The maximum atomic E-state index is 12.7. The van der Waals surface area contributed by atoms with Crippen molar-refractivity contribution in [2.24, 2.45) is 5.92 Å². The normalized spacial score (nSPS) is 23.3. The Kier molecular flexibility index (Phi) is 8.07. The van der Waals surface area contributed by atoms with Gasteiger partial charge in [-0.05, 0) is 101 Å². The second-order valence-electron chi connectivity index (χ2n) is 11.4. The summed E-state index contributed by atoms with van der Waals surface area (Å²) in [7, 11) is -0.441. The highest BCUT2D eigenvalue weighted by atomic mass is 16.7. The van der Waals surface area contributed by atoms with Crippen molar-refractivity contribution in [3.05, 3.63) is 59.7 Å². The van der Waals surface area contributed by atoms with Crippen molar-refractivity contribution in [1.82, 2.24) is 0 Å². The van der Waals surface area contributed by atoms with Crippen LogP contribution in [0.1, 0.15) is 108 Å². The van der Waals surface area contributed by atoms with Gasteiger partial charge in [0.15, 0.2) is 0 Å². The first kappa shape index (κ1) is 26.0. The third-order valence-corrected chi connectivity index (χ3v) is 8.30. The molecule has 0 bridgehead atoms. The Hall–Kier alpha value is -2.11. The molecule has 0 N–H and O–H groups in total. The van der Waals surface area contributed by atoms with Gasteiger partial charge in [-0.2, -0.15) is 0 Å². The fourth-order valence-electron chi connectivity index (χ4n) is 5.20. The van der Waals surface area contributed by atoms with Crippen molar-refractivity contribution in [3.8, 4) is 5.75 Å². The molecule has 2 aliphatic rings. The zero-order chi connectivity index (χ0) is 25.1. The van der Waals surface area contributed by atoms with Gasteiger partial charge in [0, 0.05) is 0 Å². The minimum absolute atomic E-state index is 0.356. The fraction of sp³-hybridized carbons (Fsp3) is 0.567. The second-order valence-corrected chi connectivity index (χ2v) is 11.4. The summed E-state index contributed by atoms with van der Waals surface area (Å²) in [5.74, 6) is 1.77. The van der Waals surface area contributed by atoms with Crippen LogP contribution in [0.15, 0.2) is 48.5 Å². The van der Waals surface area contributed by atoms with Crippen LogP contribution in [0, 0.1) is 5.92 Å². The SMILES string of the molecule is CCCCC[C@H]1CC[C@H](c2ccc(OC(=O)c3ccc(B4OC(C)(C)C(C)(C)O4)cc3)cc2)CC1. The van der Waals surface area contributed by atoms with Crippen molar-refractivity contribution >= 4 is 18.6 Å². The van der Waals surface area contributed by atoms with Crippen LogP contribution in [0.2, 0.25) is 0 Å². The van der Waals surface area contributed by atoms with Gasteiger partial charge < -0.3 is 14.0 Å². The minimum atomic E-state index is -0.441. The maximum Gasteiger partial charge on any atom is 0.494 e. The van der Waals surface area contributed by atoms with Crippen LogP contribution in [0.4, 0.5) is 0 Å². The molecule has 0 radical (unpaired) electrons. The van der Waals surface area contributed by atoms with E-state index in [1.165, 1.54) is 56.9 Å². The number of rotatable bonds is 8. The van der Waals surface area contributed by atoms with Gasteiger partial charge in [0.05, 0.1) is 16.8 Å². The molecule has 1 aliphatic heterocycles. The van der Waals surface area contributed by atoms with E-state index < -0.39 is 18.3 Å². The van der Waals surface area contributed by atoms with Gasteiger partial charge in [-0.25, -0.2) is 4.79 Å². The third-order valence-electron chi connectivity index (χ3n) is 8.30. The molecule has 5 heteroatoms. The van der Waals surface area contributed by atoms with Crippen molar-refractivity contribution in [3.63, 3.8) is 0 Å². The van der Waals surface area contributed by atoms with Gasteiger partial charge in [0.2, 0.25) is 0 Å². The molecule has 0 spiro atoms. The number of benzene rings is 2. The molecular weight excluding hydrogens is 435 g/mol. The van der Waals surface area contributed by atoms with E-state index in [0.29, 0.717) is 17.2 Å². The molecule has 0 unspecified atom stereocenters. The van der Waals surface area contributed by atoms with E-state index in [9.17, 15) is 4.79 Å². The molecule has 1 saturated heterocycles. The van der Waals surface area contributed by atoms with Crippen LogP contribution in [-0.4, -0.2) is 24.3 Å². The lowest BCUT2D eigenvalue weighted by Gasteiger charge is -2.32. The molecule has 1 aliphatic carbocycles. The lowest BCUT2D eigenvalue weighted by molar-refractivity contribution is 0.00578. The summed E-state index contributed by atoms with van der Waals surface area (Å²) in [6.45, 7) is 10.4. The molecule has 1 saturated carbocycles. The average molecular weight is 476 g/mol. The molecule has 2 aromatic rings. The van der Waals surface area contributed by atoms with Crippen LogP contribution in [0.25, 0.3) is 0 Å². The molecule has 0 atom stereocenters. The van der Waals surface area contributed by atoms with Crippen LogP contribution >= 0.6 is 0 Å². The molecule has 1 heterocycles. The van der Waals surface area contributed by atoms with E-state index in [2.05, 4.69) is 19.1 Å². The number of unbranched alkanes of at least 4 members (excludes halogenated alkanes) is 2. The summed E-state index contributed by atoms with van der Waals surface area (Å²) in [5.41, 5.74) is 1.98. The molecule has 2 fully saturated rings. The summed E-state index contributed by atoms with van der Waals surface area (Å²) in [4.78, 5) is 12.7. The predicted octanol–water partition coefficient (Wildman–Crippen LogP) is 7.06. The summed E-state index contributed by atoms with van der Waals surface area (Å²) in [5, 5.41) is 0. The first-order chi connectivity index (χ1) is 16.7. The molecular formula is C30H41BO4. The first-order valence-corrected chi connectivity index (χ1v) is 13.5. The van der Waals surface area contributed by atoms with Gasteiger partial charge in [-0.1, -0.05) is 56.9 Å². The highest BCUT2D eigenvalue weighted by Gasteiger charge is 2.51. The largest absolute Gasteiger partial charge is 0.494 e. The predicted molar refractivity (Wildman–Crippen MR) is 142 cm³/mol. The number of carbonyl (C=O) groups is 1. The van der Waals surface area contributed by atoms with E-state index in [0.717, 1.165) is 11.4 Å². The minimum Gasteiger partial charge on any atom is -0.423 e. The van der Waals surface area contributed by atoms with Gasteiger partial charge in [0.1, 0.15) is 5.75 Å². The number of carbonyl (C=O) groups excluding carboxylic acids is 1. The second kappa shape index (κ2) is 10.9. The zero-order valence-electron chi connectivity index (χ0n) is 22.1. The summed E-state index contributed by atoms with van der Waals surface area (Å²) < 4.78 is 17.8. The average Bonchev–Trinajstić information content (AvgIpc) is 3.07. The standard InChI is InChI=1S/C30H41BO4/c1-6-7-8-9-22-10-12-23(13-11-22)24-16-20-27(21-17-24)33-28(32)25-14-18-26(19-15-25)31-34-29(2,3)30(4,5)35-31/h14-23H,6-13H2,1-5H3/t22-,23-. The zero-order valence-corrected chi connectivity index (χ0v) is 22.1. The molecule has 35 heavy (non-hydrogen) atoms. The van der Waals surface area contributed by atoms with E-state index in [4.69, 9.17) is 14.0 Å². The molecule has 0 amide bonds. The summed E-state index contributed by atoms with van der Waals surface area (Å²) in [6.07, 6.45) is 10.7. The van der Waals surface area contributed by atoms with E-state index >= 15 is 0 Å². The smallest absolute Gasteiger partial charge is 0.423 e. The van der Waals surface area contributed by atoms with Crippen LogP contribution in [0.5, 0.6) is 5.75 Å². The number of hydrogen-bond acceptors (Lipinski definition) is 4. The maximum absolute atomic E-state index is 12.7. The molecule has 2 aromatic carbocycles. The molecule has 188 valence electrons. The Morgan fingerprint density at radius 1 is 0.886 bits per heavy atom. The Balaban J connectivity index is 1.29. The quantitative estimate of drug-likeness (QED) is 0.177. The van der Waals surface area contributed by atoms with Gasteiger partial charge in [0.25, 0.3) is 0 Å². The number of hydrogen-bond donors (Lipinski definition) is 0. The topological polar surface area (TPSA) is 44.8 Å². The lowest BCUT2D eigenvalue weighted by atomic mass is 9.77. The van der Waals surface area contributed by atoms with E-state index in [1.807, 2.05) is 52.0 Å². The summed E-state index contributed by atoms with van der Waals surface area (Å²) >= 11 is 0. The highest BCUT2D eigenvalue weighted by Crippen LogP contribution is 2.38. The number of ether oxygens (including phenoxy) is 1. The van der Waals surface area contributed by atoms with Crippen LogP contribution in [-0.2, 0) is 9.31 Å². The molecule has 0 aromatic heterocycles. The van der Waals surface area contributed by atoms with Crippen molar-refractivity contribution in [2.75, 3.05) is 0 Å². The fourth-order valence-corrected chi connectivity index (χ4v) is 5.20. The monoisotopic (exact) mass is 476 g/mol. The van der Waals surface area contributed by atoms with E-state index in [-0.39, 0.29) is 5.97 Å². The van der Waals surface area contributed by atoms with Crippen molar-refractivity contribution in [2.45, 2.75) is 103 Å². The van der Waals surface area contributed by atoms with Gasteiger partial charge in [-0.15, -0.1) is 0 Å².